The third kappa shape index (κ3) is 5.98. The van der Waals surface area contributed by atoms with E-state index in [2.05, 4.69) is 20.1 Å². The van der Waals surface area contributed by atoms with Crippen LogP contribution in [0.25, 0.3) is 0 Å². The molecule has 3 saturated heterocycles. The Morgan fingerprint density at radius 2 is 1.77 bits per heavy atom. The van der Waals surface area contributed by atoms with Crippen LogP contribution in [0.15, 0.2) is 86.0 Å². The normalized spacial score (nSPS) is 27.5. The first-order valence-electron chi connectivity index (χ1n) is 15.7. The molecule has 44 heavy (non-hydrogen) atoms. The lowest BCUT2D eigenvalue weighted by molar-refractivity contribution is -0.155. The lowest BCUT2D eigenvalue weighted by atomic mass is 9.66. The minimum absolute atomic E-state index is 0.0143. The summed E-state index contributed by atoms with van der Waals surface area (Å²) in [6.45, 7) is 10.5. The number of amides is 2. The van der Waals surface area contributed by atoms with E-state index in [9.17, 15) is 19.5 Å². The number of hydrogen-bond acceptors (Lipinski definition) is 6. The molecule has 3 heterocycles. The van der Waals surface area contributed by atoms with Crippen molar-refractivity contribution in [1.29, 1.82) is 0 Å². The van der Waals surface area contributed by atoms with E-state index < -0.39 is 28.7 Å². The summed E-state index contributed by atoms with van der Waals surface area (Å²) >= 11 is 1.63. The molecule has 5 rings (SSSR count). The zero-order valence-corrected chi connectivity index (χ0v) is 26.4. The van der Waals surface area contributed by atoms with Crippen molar-refractivity contribution in [1.82, 2.24) is 9.80 Å². The smallest absolute Gasteiger partial charge is 0.310 e. The van der Waals surface area contributed by atoms with Gasteiger partial charge in [-0.2, -0.15) is 0 Å². The molecule has 2 bridgehead atoms. The molecule has 7 atom stereocenters. The first kappa shape index (κ1) is 32.0. The number of aliphatic hydroxyl groups is 1. The van der Waals surface area contributed by atoms with Crippen LogP contribution in [0.1, 0.15) is 43.7 Å². The van der Waals surface area contributed by atoms with Gasteiger partial charge in [-0.15, -0.1) is 24.9 Å². The van der Waals surface area contributed by atoms with E-state index >= 15 is 0 Å². The Bertz CT molecular complexity index is 1340. The molecule has 3 aliphatic rings. The molecule has 3 aliphatic heterocycles. The lowest BCUT2D eigenvalue weighted by Crippen LogP contribution is -2.59. The minimum atomic E-state index is -0.833. The number of hydrogen-bond donors (Lipinski definition) is 1. The van der Waals surface area contributed by atoms with Crippen molar-refractivity contribution in [3.05, 3.63) is 97.1 Å². The van der Waals surface area contributed by atoms with Gasteiger partial charge < -0.3 is 19.6 Å². The molecular weight excluding hydrogens is 572 g/mol. The number of rotatable bonds is 15. The van der Waals surface area contributed by atoms with Crippen molar-refractivity contribution in [3.8, 4) is 0 Å². The van der Waals surface area contributed by atoms with Crippen LogP contribution >= 0.6 is 11.8 Å². The number of benzene rings is 2. The second-order valence-corrected chi connectivity index (χ2v) is 13.8. The standard InChI is InChI=1S/C36H44N2O5S/c1-4-6-7-14-20-43-35(42)30-29-21-25(3)36(44-29)31(30)33(40)38(28(24-39)22-26-15-10-8-11-16-26)32(36)34(41)37(19-5-2)23-27-17-12-9-13-18-27/h4-5,8-13,15-18,25,28-32,39H,1-2,6-7,14,19-24H2,3H3/t25?,28-,29-,30+,31+,32?,36?/m1/s1. The second-order valence-electron chi connectivity index (χ2n) is 12.3. The fourth-order valence-corrected chi connectivity index (χ4v) is 9.95. The molecule has 234 valence electrons. The Kier molecular flexibility index (Phi) is 10.3. The third-order valence-electron chi connectivity index (χ3n) is 9.53. The molecule has 2 aromatic rings. The third-order valence-corrected chi connectivity index (χ3v) is 11.6. The van der Waals surface area contributed by atoms with Gasteiger partial charge in [-0.05, 0) is 49.1 Å². The summed E-state index contributed by atoms with van der Waals surface area (Å²) in [6, 6.07) is 18.0. The van der Waals surface area contributed by atoms with Crippen LogP contribution < -0.4 is 0 Å². The number of aliphatic hydroxyl groups excluding tert-OH is 1. The molecule has 3 unspecified atom stereocenters. The fourth-order valence-electron chi connectivity index (χ4n) is 7.56. The molecule has 0 radical (unpaired) electrons. The SMILES string of the molecule is C=CCCCCOC(=O)[C@@H]1[C@H]2C(=O)N([C@@H](CO)Cc3ccccc3)C(C(=O)N(CC=C)Cc3ccccc3)C23S[C@@H]1CC3C. The highest BCUT2D eigenvalue weighted by Gasteiger charge is 2.77. The zero-order valence-electron chi connectivity index (χ0n) is 25.6. The van der Waals surface area contributed by atoms with E-state index in [1.54, 1.807) is 27.6 Å². The molecule has 0 aliphatic carbocycles. The summed E-state index contributed by atoms with van der Waals surface area (Å²) in [6.07, 6.45) is 7.15. The molecule has 3 fully saturated rings. The molecule has 1 spiro atoms. The van der Waals surface area contributed by atoms with Gasteiger partial charge in [0.2, 0.25) is 11.8 Å². The Labute approximate surface area is 265 Å². The summed E-state index contributed by atoms with van der Waals surface area (Å²) in [5, 5.41) is 10.7. The zero-order chi connectivity index (χ0) is 31.3. The van der Waals surface area contributed by atoms with Crippen LogP contribution in [0.3, 0.4) is 0 Å². The van der Waals surface area contributed by atoms with E-state index in [4.69, 9.17) is 4.74 Å². The Hall–Kier alpha value is -3.36. The quantitative estimate of drug-likeness (QED) is 0.171. The van der Waals surface area contributed by atoms with E-state index in [1.165, 1.54) is 0 Å². The van der Waals surface area contributed by atoms with Crippen LogP contribution in [0.5, 0.6) is 0 Å². The topological polar surface area (TPSA) is 87.1 Å². The maximum Gasteiger partial charge on any atom is 0.310 e. The molecule has 0 aromatic heterocycles. The van der Waals surface area contributed by atoms with Crippen LogP contribution in [0, 0.1) is 17.8 Å². The number of carbonyl (C=O) groups excluding carboxylic acids is 3. The van der Waals surface area contributed by atoms with Crippen LogP contribution in [-0.4, -0.2) is 74.5 Å². The number of fused-ring (bicyclic) bond motifs is 1. The Balaban J connectivity index is 1.52. The summed E-state index contributed by atoms with van der Waals surface area (Å²) in [7, 11) is 0. The highest BCUT2D eigenvalue weighted by Crippen LogP contribution is 2.69. The first-order valence-corrected chi connectivity index (χ1v) is 16.6. The number of allylic oxidation sites excluding steroid dienone is 1. The van der Waals surface area contributed by atoms with Gasteiger partial charge in [-0.3, -0.25) is 14.4 Å². The van der Waals surface area contributed by atoms with E-state index in [0.717, 1.165) is 36.8 Å². The van der Waals surface area contributed by atoms with E-state index in [-0.39, 0.29) is 35.6 Å². The van der Waals surface area contributed by atoms with Gasteiger partial charge in [0, 0.05) is 18.3 Å². The van der Waals surface area contributed by atoms with Crippen molar-refractivity contribution < 1.29 is 24.2 Å². The average Bonchev–Trinajstić information content (AvgIpc) is 3.63. The van der Waals surface area contributed by atoms with Gasteiger partial charge in [0.1, 0.15) is 6.04 Å². The van der Waals surface area contributed by atoms with Gasteiger partial charge in [0.15, 0.2) is 0 Å². The van der Waals surface area contributed by atoms with Crippen molar-refractivity contribution >= 4 is 29.5 Å². The molecule has 8 heteroatoms. The molecule has 1 N–H and O–H groups in total. The molecule has 2 amide bonds. The van der Waals surface area contributed by atoms with Gasteiger partial charge in [0.25, 0.3) is 0 Å². The van der Waals surface area contributed by atoms with E-state index in [1.807, 2.05) is 66.7 Å². The predicted octanol–water partition coefficient (Wildman–Crippen LogP) is 5.04. The van der Waals surface area contributed by atoms with Crippen LogP contribution in [0.4, 0.5) is 0 Å². The monoisotopic (exact) mass is 616 g/mol. The fraction of sp³-hybridized carbons (Fsp3) is 0.472. The largest absolute Gasteiger partial charge is 0.465 e. The second kappa shape index (κ2) is 14.2. The summed E-state index contributed by atoms with van der Waals surface area (Å²) in [5.74, 6) is -2.05. The number of ether oxygens (including phenoxy) is 1. The van der Waals surface area contributed by atoms with Gasteiger partial charge >= 0.3 is 5.97 Å². The first-order chi connectivity index (χ1) is 21.4. The van der Waals surface area contributed by atoms with Gasteiger partial charge in [-0.25, -0.2) is 0 Å². The average molecular weight is 617 g/mol. The lowest BCUT2D eigenvalue weighted by Gasteiger charge is -2.42. The van der Waals surface area contributed by atoms with Gasteiger partial charge in [0.05, 0.1) is 35.8 Å². The van der Waals surface area contributed by atoms with Crippen LogP contribution in [0.2, 0.25) is 0 Å². The Morgan fingerprint density at radius 3 is 2.41 bits per heavy atom. The maximum absolute atomic E-state index is 14.9. The number of likely N-dealkylation sites (tertiary alicyclic amines) is 1. The number of thioether (sulfide) groups is 1. The van der Waals surface area contributed by atoms with Crippen molar-refractivity contribution in [2.45, 2.75) is 67.7 Å². The number of carbonyl (C=O) groups is 3. The number of esters is 1. The van der Waals surface area contributed by atoms with Crippen molar-refractivity contribution in [2.75, 3.05) is 19.8 Å². The molecular formula is C36H44N2O5S. The number of unbranched alkanes of at least 4 members (excludes halogenated alkanes) is 2. The Morgan fingerprint density at radius 1 is 1.09 bits per heavy atom. The maximum atomic E-state index is 14.9. The van der Waals surface area contributed by atoms with Gasteiger partial charge in [-0.1, -0.05) is 79.7 Å². The van der Waals surface area contributed by atoms with Crippen molar-refractivity contribution in [2.24, 2.45) is 17.8 Å². The summed E-state index contributed by atoms with van der Waals surface area (Å²) in [4.78, 5) is 46.6. The van der Waals surface area contributed by atoms with Crippen LogP contribution in [-0.2, 0) is 32.1 Å². The highest BCUT2D eigenvalue weighted by atomic mass is 32.2. The minimum Gasteiger partial charge on any atom is -0.465 e. The molecule has 0 saturated carbocycles. The van der Waals surface area contributed by atoms with Crippen molar-refractivity contribution in [3.63, 3.8) is 0 Å². The summed E-state index contributed by atoms with van der Waals surface area (Å²) in [5.41, 5.74) is 1.94. The number of nitrogens with zero attached hydrogens (tertiary/aromatic N) is 2. The summed E-state index contributed by atoms with van der Waals surface area (Å²) < 4.78 is 4.98. The highest BCUT2D eigenvalue weighted by molar-refractivity contribution is 8.02. The predicted molar refractivity (Wildman–Crippen MR) is 174 cm³/mol. The van der Waals surface area contributed by atoms with E-state index in [0.29, 0.717) is 26.1 Å². The molecule has 2 aromatic carbocycles. The molecule has 7 nitrogen and oxygen atoms in total.